The molecule has 0 saturated carbocycles. The van der Waals surface area contributed by atoms with Gasteiger partial charge in [-0.15, -0.1) is 34.2 Å². The lowest BCUT2D eigenvalue weighted by molar-refractivity contribution is 0.680. The van der Waals surface area contributed by atoms with Crippen LogP contribution in [0.2, 0.25) is 0 Å². The molecule has 0 aliphatic rings. The smallest absolute Gasteiger partial charge is 0.191 e. The molecule has 2 N–H and O–H groups in total. The van der Waals surface area contributed by atoms with Gasteiger partial charge in [-0.2, -0.15) is 0 Å². The molecule has 1 unspecified atom stereocenters. The first kappa shape index (κ1) is 21.3. The minimum absolute atomic E-state index is 0. The maximum Gasteiger partial charge on any atom is 0.191 e. The van der Waals surface area contributed by atoms with Crippen LogP contribution in [-0.2, 0) is 23.1 Å². The van der Waals surface area contributed by atoms with E-state index >= 15 is 0 Å². The highest BCUT2D eigenvalue weighted by Crippen LogP contribution is 2.03. The lowest BCUT2D eigenvalue weighted by atomic mass is 10.2. The van der Waals surface area contributed by atoms with Crippen molar-refractivity contribution in [1.82, 2.24) is 25.2 Å². The van der Waals surface area contributed by atoms with Gasteiger partial charge in [0, 0.05) is 42.1 Å². The van der Waals surface area contributed by atoms with Gasteiger partial charge in [-0.3, -0.25) is 13.6 Å². The van der Waals surface area contributed by atoms with Gasteiger partial charge < -0.3 is 10.6 Å². The number of pyridine rings is 1. The Bertz CT molecular complexity index is 899. The second-order valence-electron chi connectivity index (χ2n) is 5.67. The number of hydrogen-bond acceptors (Lipinski definition) is 4. The summed E-state index contributed by atoms with van der Waals surface area (Å²) in [5.74, 6) is 2.58. The van der Waals surface area contributed by atoms with Crippen molar-refractivity contribution in [2.45, 2.75) is 12.3 Å². The van der Waals surface area contributed by atoms with Crippen molar-refractivity contribution in [3.63, 3.8) is 0 Å². The van der Waals surface area contributed by atoms with Gasteiger partial charge in [-0.25, -0.2) is 0 Å². The first-order valence-electron chi connectivity index (χ1n) is 8.38. The Balaban J connectivity index is 0.00000261. The van der Waals surface area contributed by atoms with Crippen LogP contribution in [0.25, 0.3) is 5.65 Å². The quantitative estimate of drug-likeness (QED) is 0.296. The summed E-state index contributed by atoms with van der Waals surface area (Å²) in [6.45, 7) is 1.08. The highest BCUT2D eigenvalue weighted by molar-refractivity contribution is 14.0. The molecule has 3 aromatic rings. The van der Waals surface area contributed by atoms with Crippen LogP contribution < -0.4 is 10.6 Å². The van der Waals surface area contributed by atoms with Crippen molar-refractivity contribution in [1.29, 1.82) is 0 Å². The summed E-state index contributed by atoms with van der Waals surface area (Å²) in [7, 11) is 0.793. The van der Waals surface area contributed by atoms with Crippen LogP contribution in [0, 0.1) is 0 Å². The zero-order valence-corrected chi connectivity index (χ0v) is 18.2. The number of rotatable bonds is 7. The van der Waals surface area contributed by atoms with Crippen molar-refractivity contribution in [3.8, 4) is 0 Å². The van der Waals surface area contributed by atoms with E-state index in [-0.39, 0.29) is 24.0 Å². The third kappa shape index (κ3) is 6.28. The summed E-state index contributed by atoms with van der Waals surface area (Å²) in [4.78, 5) is 4.19. The lowest BCUT2D eigenvalue weighted by Crippen LogP contribution is -2.39. The summed E-state index contributed by atoms with van der Waals surface area (Å²) in [6, 6.07) is 15.7. The van der Waals surface area contributed by atoms with E-state index < -0.39 is 10.8 Å². The predicted octanol–water partition coefficient (Wildman–Crippen LogP) is 1.96. The van der Waals surface area contributed by atoms with Gasteiger partial charge in [-0.1, -0.05) is 36.4 Å². The molecule has 2 heterocycles. The molecule has 144 valence electrons. The van der Waals surface area contributed by atoms with Gasteiger partial charge in [0.2, 0.25) is 0 Å². The van der Waals surface area contributed by atoms with E-state index in [4.69, 9.17) is 0 Å². The molecular weight excluding hydrogens is 475 g/mol. The third-order valence-corrected chi connectivity index (χ3v) is 5.13. The number of nitrogens with zero attached hydrogens (tertiary/aromatic N) is 4. The normalized spacial score (nSPS) is 12.4. The van der Waals surface area contributed by atoms with Crippen molar-refractivity contribution in [2.24, 2.45) is 4.99 Å². The molecule has 1 atom stereocenters. The fraction of sp³-hybridized carbons (Fsp3) is 0.278. The maximum absolute atomic E-state index is 12.2. The SMILES string of the molecule is CN=C(NCCS(=O)Cc1ccccc1)NCc1nnc2ccccn12.I. The Kier molecular flexibility index (Phi) is 8.65. The summed E-state index contributed by atoms with van der Waals surface area (Å²) < 4.78 is 14.1. The first-order valence-corrected chi connectivity index (χ1v) is 9.87. The van der Waals surface area contributed by atoms with Crippen molar-refractivity contribution < 1.29 is 4.21 Å². The van der Waals surface area contributed by atoms with E-state index in [2.05, 4.69) is 25.8 Å². The zero-order chi connectivity index (χ0) is 18.2. The fourth-order valence-electron chi connectivity index (χ4n) is 2.51. The van der Waals surface area contributed by atoms with Crippen LogP contribution in [0.5, 0.6) is 0 Å². The van der Waals surface area contributed by atoms with Crippen LogP contribution in [0.15, 0.2) is 59.7 Å². The van der Waals surface area contributed by atoms with E-state index in [0.717, 1.165) is 17.0 Å². The average Bonchev–Trinajstić information content (AvgIpc) is 3.08. The molecule has 0 bridgehead atoms. The Labute approximate surface area is 178 Å². The highest BCUT2D eigenvalue weighted by atomic mass is 127. The number of fused-ring (bicyclic) bond motifs is 1. The van der Waals surface area contributed by atoms with Crippen molar-refractivity contribution in [2.75, 3.05) is 19.3 Å². The molecule has 3 rings (SSSR count). The number of guanidine groups is 1. The van der Waals surface area contributed by atoms with Crippen LogP contribution >= 0.6 is 24.0 Å². The van der Waals surface area contributed by atoms with Crippen LogP contribution in [0.4, 0.5) is 0 Å². The molecule has 0 spiro atoms. The zero-order valence-electron chi connectivity index (χ0n) is 15.0. The van der Waals surface area contributed by atoms with E-state index in [0.29, 0.717) is 30.6 Å². The van der Waals surface area contributed by atoms with E-state index in [1.807, 2.05) is 59.1 Å². The number of nitrogens with one attached hydrogen (secondary N) is 2. The molecule has 0 saturated heterocycles. The van der Waals surface area contributed by atoms with Gasteiger partial charge >= 0.3 is 0 Å². The monoisotopic (exact) mass is 498 g/mol. The number of aliphatic imine (C=N–C) groups is 1. The Morgan fingerprint density at radius 3 is 2.67 bits per heavy atom. The highest BCUT2D eigenvalue weighted by Gasteiger charge is 2.06. The van der Waals surface area contributed by atoms with Gasteiger partial charge in [0.25, 0.3) is 0 Å². The summed E-state index contributed by atoms with van der Waals surface area (Å²) >= 11 is 0. The Hall–Kier alpha value is -2.01. The summed E-state index contributed by atoms with van der Waals surface area (Å²) in [6.07, 6.45) is 1.93. The van der Waals surface area contributed by atoms with Crippen molar-refractivity contribution >= 4 is 46.4 Å². The summed E-state index contributed by atoms with van der Waals surface area (Å²) in [5.41, 5.74) is 1.90. The standard InChI is InChI=1S/C18H22N6OS.HI/c1-19-18(20-10-12-26(25)14-15-7-3-2-4-8-15)21-13-17-23-22-16-9-5-6-11-24(16)17;/h2-9,11H,10,12-14H2,1H3,(H2,19,20,21);1H. The molecule has 27 heavy (non-hydrogen) atoms. The summed E-state index contributed by atoms with van der Waals surface area (Å²) in [5, 5.41) is 14.7. The predicted molar refractivity (Wildman–Crippen MR) is 120 cm³/mol. The maximum atomic E-state index is 12.2. The fourth-order valence-corrected chi connectivity index (χ4v) is 3.55. The number of halogens is 1. The van der Waals surface area contributed by atoms with Gasteiger partial charge in [0.15, 0.2) is 17.4 Å². The molecule has 0 fully saturated rings. The van der Waals surface area contributed by atoms with Crippen LogP contribution in [0.1, 0.15) is 11.4 Å². The van der Waals surface area contributed by atoms with Gasteiger partial charge in [0.05, 0.1) is 6.54 Å². The molecular formula is C18H23IN6OS. The van der Waals surface area contributed by atoms with Crippen LogP contribution in [-0.4, -0.2) is 44.1 Å². The van der Waals surface area contributed by atoms with Gasteiger partial charge in [0.1, 0.15) is 0 Å². The first-order chi connectivity index (χ1) is 12.8. The lowest BCUT2D eigenvalue weighted by Gasteiger charge is -2.11. The van der Waals surface area contributed by atoms with Crippen LogP contribution in [0.3, 0.4) is 0 Å². The topological polar surface area (TPSA) is 83.7 Å². The molecule has 7 nitrogen and oxygen atoms in total. The average molecular weight is 498 g/mol. The molecule has 0 aliphatic heterocycles. The van der Waals surface area contributed by atoms with E-state index in [1.54, 1.807) is 7.05 Å². The molecule has 2 aromatic heterocycles. The minimum atomic E-state index is -0.913. The Morgan fingerprint density at radius 1 is 1.11 bits per heavy atom. The second-order valence-corrected chi connectivity index (χ2v) is 7.25. The largest absolute Gasteiger partial charge is 0.355 e. The number of benzene rings is 1. The van der Waals surface area contributed by atoms with E-state index in [9.17, 15) is 4.21 Å². The Morgan fingerprint density at radius 2 is 1.89 bits per heavy atom. The van der Waals surface area contributed by atoms with Gasteiger partial charge in [-0.05, 0) is 17.7 Å². The molecule has 1 aromatic carbocycles. The molecule has 9 heteroatoms. The molecule has 0 radical (unpaired) electrons. The third-order valence-electron chi connectivity index (χ3n) is 3.81. The minimum Gasteiger partial charge on any atom is -0.355 e. The van der Waals surface area contributed by atoms with E-state index in [1.165, 1.54) is 0 Å². The number of aromatic nitrogens is 3. The molecule has 0 amide bonds. The second kappa shape index (κ2) is 11.0. The van der Waals surface area contributed by atoms with Crippen molar-refractivity contribution in [3.05, 3.63) is 66.1 Å². The number of hydrogen-bond donors (Lipinski definition) is 2. The molecule has 0 aliphatic carbocycles.